The van der Waals surface area contributed by atoms with E-state index in [1.807, 2.05) is 6.07 Å². The SMILES string of the molecule is N#C/C(=C/c1cccn1-c1cccc([N+](=O)[O-])c1)c1cccc([N+](=O)[O-])c1. The first-order chi connectivity index (χ1) is 13.0. The Morgan fingerprint density at radius 1 is 0.963 bits per heavy atom. The van der Waals surface area contributed by atoms with Gasteiger partial charge in [0.05, 0.1) is 27.2 Å². The van der Waals surface area contributed by atoms with Gasteiger partial charge in [0, 0.05) is 36.2 Å². The van der Waals surface area contributed by atoms with Crippen LogP contribution in [0.3, 0.4) is 0 Å². The van der Waals surface area contributed by atoms with Crippen LogP contribution in [0.4, 0.5) is 11.4 Å². The maximum Gasteiger partial charge on any atom is 0.271 e. The Bertz CT molecular complexity index is 1110. The van der Waals surface area contributed by atoms with Gasteiger partial charge in [0.15, 0.2) is 0 Å². The molecule has 0 N–H and O–H groups in total. The van der Waals surface area contributed by atoms with Crippen LogP contribution in [0.2, 0.25) is 0 Å². The minimum atomic E-state index is -0.524. The Morgan fingerprint density at radius 2 is 1.63 bits per heavy atom. The number of nitro groups is 2. The average molecular weight is 360 g/mol. The first kappa shape index (κ1) is 17.6. The van der Waals surface area contributed by atoms with Crippen LogP contribution in [0.15, 0.2) is 66.9 Å². The number of hydrogen-bond acceptors (Lipinski definition) is 5. The number of nitrogens with zero attached hydrogens (tertiary/aromatic N) is 4. The largest absolute Gasteiger partial charge is 0.317 e. The number of allylic oxidation sites excluding steroid dienone is 1. The average Bonchev–Trinajstić information content (AvgIpc) is 3.14. The van der Waals surface area contributed by atoms with Gasteiger partial charge in [0.1, 0.15) is 0 Å². The van der Waals surface area contributed by atoms with Crippen molar-refractivity contribution in [3.63, 3.8) is 0 Å². The highest BCUT2D eigenvalue weighted by Crippen LogP contribution is 2.24. The van der Waals surface area contributed by atoms with Crippen molar-refractivity contribution in [2.45, 2.75) is 0 Å². The van der Waals surface area contributed by atoms with E-state index in [-0.39, 0.29) is 16.9 Å². The lowest BCUT2D eigenvalue weighted by molar-refractivity contribution is -0.385. The van der Waals surface area contributed by atoms with Gasteiger partial charge in [-0.3, -0.25) is 20.2 Å². The molecule has 1 heterocycles. The summed E-state index contributed by atoms with van der Waals surface area (Å²) in [5.74, 6) is 0. The van der Waals surface area contributed by atoms with Crippen LogP contribution in [0.25, 0.3) is 17.3 Å². The summed E-state index contributed by atoms with van der Waals surface area (Å²) in [5.41, 5.74) is 1.68. The van der Waals surface area contributed by atoms with Gasteiger partial charge in [-0.2, -0.15) is 5.26 Å². The lowest BCUT2D eigenvalue weighted by Gasteiger charge is -2.07. The molecule has 3 rings (SSSR count). The number of hydrogen-bond donors (Lipinski definition) is 0. The Morgan fingerprint density at radius 3 is 2.30 bits per heavy atom. The van der Waals surface area contributed by atoms with Crippen LogP contribution in [0.5, 0.6) is 0 Å². The number of benzene rings is 2. The standard InChI is InChI=1S/C19H12N4O4/c20-13-15(14-4-1-6-18(10-14)22(24)25)11-16-8-3-9-21(16)17-5-2-7-19(12-17)23(26)27/h1-12H/b15-11-. The summed E-state index contributed by atoms with van der Waals surface area (Å²) in [6.07, 6.45) is 3.30. The summed E-state index contributed by atoms with van der Waals surface area (Å²) < 4.78 is 1.70. The van der Waals surface area contributed by atoms with Gasteiger partial charge in [-0.15, -0.1) is 0 Å². The summed E-state index contributed by atoms with van der Waals surface area (Å²) in [6, 6.07) is 17.5. The van der Waals surface area contributed by atoms with Gasteiger partial charge in [-0.05, 0) is 29.8 Å². The smallest absolute Gasteiger partial charge is 0.271 e. The fourth-order valence-corrected chi connectivity index (χ4v) is 2.62. The fourth-order valence-electron chi connectivity index (χ4n) is 2.62. The van der Waals surface area contributed by atoms with Crippen molar-refractivity contribution in [1.82, 2.24) is 4.57 Å². The van der Waals surface area contributed by atoms with Crippen LogP contribution in [0, 0.1) is 31.6 Å². The molecule has 0 saturated carbocycles. The number of aromatic nitrogens is 1. The van der Waals surface area contributed by atoms with Crippen molar-refractivity contribution in [2.24, 2.45) is 0 Å². The third kappa shape index (κ3) is 3.72. The topological polar surface area (TPSA) is 115 Å². The Balaban J connectivity index is 2.05. The van der Waals surface area contributed by atoms with E-state index in [0.717, 1.165) is 0 Å². The quantitative estimate of drug-likeness (QED) is 0.381. The number of non-ortho nitro benzene ring substituents is 2. The van der Waals surface area contributed by atoms with E-state index in [4.69, 9.17) is 0 Å². The third-order valence-electron chi connectivity index (χ3n) is 3.88. The van der Waals surface area contributed by atoms with Gasteiger partial charge in [-0.1, -0.05) is 18.2 Å². The molecular weight excluding hydrogens is 348 g/mol. The summed E-state index contributed by atoms with van der Waals surface area (Å²) in [4.78, 5) is 20.9. The Labute approximate surface area is 153 Å². The molecule has 2 aromatic carbocycles. The van der Waals surface area contributed by atoms with Crippen molar-refractivity contribution in [1.29, 1.82) is 5.26 Å². The molecular formula is C19H12N4O4. The lowest BCUT2D eigenvalue weighted by atomic mass is 10.1. The second-order valence-corrected chi connectivity index (χ2v) is 5.56. The lowest BCUT2D eigenvalue weighted by Crippen LogP contribution is -1.97. The monoisotopic (exact) mass is 360 g/mol. The molecule has 0 bridgehead atoms. The van der Waals surface area contributed by atoms with E-state index in [0.29, 0.717) is 16.9 Å². The molecule has 0 aliphatic rings. The van der Waals surface area contributed by atoms with Gasteiger partial charge < -0.3 is 4.57 Å². The van der Waals surface area contributed by atoms with E-state index in [1.165, 1.54) is 30.3 Å². The molecule has 0 spiro atoms. The first-order valence-corrected chi connectivity index (χ1v) is 7.78. The van der Waals surface area contributed by atoms with Crippen molar-refractivity contribution in [3.05, 3.63) is 98.3 Å². The molecule has 0 atom stereocenters. The predicted octanol–water partition coefficient (Wildman–Crippen LogP) is 4.36. The number of nitriles is 1. The van der Waals surface area contributed by atoms with Crippen LogP contribution in [-0.4, -0.2) is 14.4 Å². The summed E-state index contributed by atoms with van der Waals surface area (Å²) in [7, 11) is 0. The Hall–Kier alpha value is -4.25. The molecule has 0 unspecified atom stereocenters. The molecule has 8 heteroatoms. The van der Waals surface area contributed by atoms with E-state index >= 15 is 0 Å². The Kier molecular flexibility index (Phi) is 4.77. The summed E-state index contributed by atoms with van der Waals surface area (Å²) >= 11 is 0. The minimum absolute atomic E-state index is 0.0460. The zero-order chi connectivity index (χ0) is 19.4. The van der Waals surface area contributed by atoms with Gasteiger partial charge in [-0.25, -0.2) is 0 Å². The molecule has 0 radical (unpaired) electrons. The molecule has 132 valence electrons. The number of nitro benzene ring substituents is 2. The van der Waals surface area contributed by atoms with Crippen LogP contribution >= 0.6 is 0 Å². The van der Waals surface area contributed by atoms with Crippen LogP contribution in [0.1, 0.15) is 11.3 Å². The van der Waals surface area contributed by atoms with E-state index in [9.17, 15) is 25.5 Å². The van der Waals surface area contributed by atoms with Gasteiger partial charge in [0.25, 0.3) is 11.4 Å². The highest BCUT2D eigenvalue weighted by atomic mass is 16.6. The van der Waals surface area contributed by atoms with Crippen molar-refractivity contribution in [2.75, 3.05) is 0 Å². The van der Waals surface area contributed by atoms with Gasteiger partial charge in [0.2, 0.25) is 0 Å². The molecule has 0 aliphatic carbocycles. The normalized spacial score (nSPS) is 11.0. The second-order valence-electron chi connectivity index (χ2n) is 5.56. The minimum Gasteiger partial charge on any atom is -0.317 e. The van der Waals surface area contributed by atoms with Crippen LogP contribution < -0.4 is 0 Å². The molecule has 0 amide bonds. The highest BCUT2D eigenvalue weighted by molar-refractivity contribution is 5.89. The first-order valence-electron chi connectivity index (χ1n) is 7.78. The van der Waals surface area contributed by atoms with Crippen molar-refractivity contribution < 1.29 is 9.85 Å². The molecule has 3 aromatic rings. The second kappa shape index (κ2) is 7.33. The summed E-state index contributed by atoms with van der Waals surface area (Å²) in [6.45, 7) is 0. The summed E-state index contributed by atoms with van der Waals surface area (Å²) in [5, 5.41) is 31.4. The molecule has 0 fully saturated rings. The van der Waals surface area contributed by atoms with E-state index < -0.39 is 9.85 Å². The predicted molar refractivity (Wildman–Crippen MR) is 99.0 cm³/mol. The number of rotatable bonds is 5. The van der Waals surface area contributed by atoms with Crippen molar-refractivity contribution >= 4 is 23.0 Å². The van der Waals surface area contributed by atoms with Gasteiger partial charge >= 0.3 is 0 Å². The molecule has 0 saturated heterocycles. The zero-order valence-corrected chi connectivity index (χ0v) is 13.9. The molecule has 27 heavy (non-hydrogen) atoms. The molecule has 8 nitrogen and oxygen atoms in total. The fraction of sp³-hybridized carbons (Fsp3) is 0. The zero-order valence-electron chi connectivity index (χ0n) is 13.9. The molecule has 1 aromatic heterocycles. The maximum atomic E-state index is 11.0. The highest BCUT2D eigenvalue weighted by Gasteiger charge is 2.11. The van der Waals surface area contributed by atoms with E-state index in [2.05, 4.69) is 0 Å². The van der Waals surface area contributed by atoms with E-state index in [1.54, 1.807) is 47.2 Å². The molecule has 0 aliphatic heterocycles. The van der Waals surface area contributed by atoms with Crippen LogP contribution in [-0.2, 0) is 0 Å². The van der Waals surface area contributed by atoms with Crippen molar-refractivity contribution in [3.8, 4) is 11.8 Å². The third-order valence-corrected chi connectivity index (χ3v) is 3.88. The maximum absolute atomic E-state index is 11.0.